The summed E-state index contributed by atoms with van der Waals surface area (Å²) < 4.78 is 25.6. The Kier molecular flexibility index (Phi) is 7.02. The lowest BCUT2D eigenvalue weighted by Crippen LogP contribution is -2.44. The van der Waals surface area contributed by atoms with Gasteiger partial charge in [-0.3, -0.25) is 14.6 Å². The van der Waals surface area contributed by atoms with Crippen LogP contribution in [0.3, 0.4) is 0 Å². The first-order valence-electron chi connectivity index (χ1n) is 10.1. The Labute approximate surface area is 189 Å². The van der Waals surface area contributed by atoms with Gasteiger partial charge in [0.1, 0.15) is 0 Å². The van der Waals surface area contributed by atoms with E-state index in [1.54, 1.807) is 17.0 Å². The number of benzene rings is 2. The highest BCUT2D eigenvalue weighted by molar-refractivity contribution is 7.23. The fourth-order valence-electron chi connectivity index (χ4n) is 3.38. The summed E-state index contributed by atoms with van der Waals surface area (Å²) in [5.74, 6) is -0.742. The smallest absolute Gasteiger partial charge is 0.266 e. The van der Waals surface area contributed by atoms with Gasteiger partial charge in [-0.25, -0.2) is 9.37 Å². The van der Waals surface area contributed by atoms with E-state index in [0.29, 0.717) is 36.5 Å². The summed E-state index contributed by atoms with van der Waals surface area (Å²) in [6.07, 6.45) is 0. The molecule has 0 atom stereocenters. The van der Waals surface area contributed by atoms with Gasteiger partial charge in [0.05, 0.1) is 28.5 Å². The van der Waals surface area contributed by atoms with Crippen molar-refractivity contribution in [3.05, 3.63) is 52.8 Å². The fourth-order valence-corrected chi connectivity index (χ4v) is 4.74. The van der Waals surface area contributed by atoms with Crippen LogP contribution >= 0.6 is 22.9 Å². The lowest BCUT2D eigenvalue weighted by molar-refractivity contribution is -0.120. The van der Waals surface area contributed by atoms with Crippen LogP contribution in [0.4, 0.5) is 9.52 Å². The number of fused-ring (bicyclic) bond motifs is 1. The van der Waals surface area contributed by atoms with Gasteiger partial charge in [0.25, 0.3) is 5.91 Å². The number of aryl methyl sites for hydroxylation is 1. The number of morpholine rings is 1. The van der Waals surface area contributed by atoms with Crippen LogP contribution in [0.1, 0.15) is 5.56 Å². The number of hydrogen-bond donors (Lipinski definition) is 0. The molecule has 1 aromatic heterocycles. The Morgan fingerprint density at radius 2 is 2.06 bits per heavy atom. The zero-order valence-electron chi connectivity index (χ0n) is 17.1. The molecule has 0 spiro atoms. The molecule has 0 bridgehead atoms. The first-order chi connectivity index (χ1) is 15.0. The molecule has 164 valence electrons. The number of carbonyl (C=O) groups is 1. The summed E-state index contributed by atoms with van der Waals surface area (Å²) in [7, 11) is 0. The van der Waals surface area contributed by atoms with E-state index in [0.717, 1.165) is 28.9 Å². The Morgan fingerprint density at radius 1 is 1.29 bits per heavy atom. The maximum absolute atomic E-state index is 13.9. The van der Waals surface area contributed by atoms with Gasteiger partial charge in [-0.05, 0) is 30.7 Å². The summed E-state index contributed by atoms with van der Waals surface area (Å²) in [5.41, 5.74) is 1.77. The van der Waals surface area contributed by atoms with Gasteiger partial charge in [0.2, 0.25) is 0 Å². The van der Waals surface area contributed by atoms with E-state index in [-0.39, 0.29) is 18.3 Å². The van der Waals surface area contributed by atoms with Crippen LogP contribution in [0.25, 0.3) is 10.2 Å². The standard InChI is InChI=1S/C22H23ClFN3O3S/c1-15-6-7-16(23)21-20(15)25-22(31-21)27(9-8-26-10-12-29-13-11-26)19(28)14-30-18-5-3-2-4-17(18)24/h2-7H,8-14H2,1H3. The second-order valence-electron chi connectivity index (χ2n) is 7.26. The molecular weight excluding hydrogens is 441 g/mol. The van der Waals surface area contributed by atoms with E-state index >= 15 is 0 Å². The van der Waals surface area contributed by atoms with Crippen molar-refractivity contribution in [1.29, 1.82) is 0 Å². The van der Waals surface area contributed by atoms with Crippen LogP contribution in [0.5, 0.6) is 5.75 Å². The first kappa shape index (κ1) is 22.0. The van der Waals surface area contributed by atoms with Crippen LogP contribution in [0.15, 0.2) is 36.4 Å². The Bertz CT molecular complexity index is 1030. The summed E-state index contributed by atoms with van der Waals surface area (Å²) >= 11 is 7.74. The number of carbonyl (C=O) groups excluding carboxylic acids is 1. The molecule has 2 aromatic carbocycles. The van der Waals surface area contributed by atoms with E-state index in [9.17, 15) is 9.18 Å². The zero-order valence-corrected chi connectivity index (χ0v) is 18.7. The van der Waals surface area contributed by atoms with E-state index < -0.39 is 5.82 Å². The van der Waals surface area contributed by atoms with Crippen molar-refractivity contribution in [2.24, 2.45) is 0 Å². The van der Waals surface area contributed by atoms with Crippen molar-refractivity contribution in [1.82, 2.24) is 9.88 Å². The molecule has 2 heterocycles. The molecule has 1 amide bonds. The number of aromatic nitrogens is 1. The van der Waals surface area contributed by atoms with Crippen molar-refractivity contribution in [2.75, 3.05) is 50.9 Å². The van der Waals surface area contributed by atoms with Crippen molar-refractivity contribution in [3.63, 3.8) is 0 Å². The van der Waals surface area contributed by atoms with Gasteiger partial charge in [0, 0.05) is 26.2 Å². The van der Waals surface area contributed by atoms with Crippen molar-refractivity contribution >= 4 is 44.2 Å². The van der Waals surface area contributed by atoms with Gasteiger partial charge in [-0.15, -0.1) is 0 Å². The SMILES string of the molecule is Cc1ccc(Cl)c2sc(N(CCN3CCOCC3)C(=O)COc3ccccc3F)nc12. The molecule has 0 aliphatic carbocycles. The summed E-state index contributed by atoms with van der Waals surface area (Å²) in [6.45, 7) is 5.79. The fraction of sp³-hybridized carbons (Fsp3) is 0.364. The van der Waals surface area contributed by atoms with Crippen molar-refractivity contribution < 1.29 is 18.7 Å². The predicted octanol–water partition coefficient (Wildman–Crippen LogP) is 4.14. The molecule has 0 saturated carbocycles. The molecule has 1 fully saturated rings. The average molecular weight is 464 g/mol. The maximum atomic E-state index is 13.9. The average Bonchev–Trinajstić information content (AvgIpc) is 3.23. The second-order valence-corrected chi connectivity index (χ2v) is 8.64. The number of anilines is 1. The number of hydrogen-bond acceptors (Lipinski definition) is 6. The molecule has 9 heteroatoms. The second kappa shape index (κ2) is 9.91. The number of halogens is 2. The van der Waals surface area contributed by atoms with Gasteiger partial charge in [-0.2, -0.15) is 0 Å². The van der Waals surface area contributed by atoms with Gasteiger partial charge in [0.15, 0.2) is 23.3 Å². The molecule has 4 rings (SSSR count). The molecule has 0 radical (unpaired) electrons. The van der Waals surface area contributed by atoms with Crippen molar-refractivity contribution in [2.45, 2.75) is 6.92 Å². The van der Waals surface area contributed by atoms with Gasteiger partial charge < -0.3 is 9.47 Å². The molecule has 3 aromatic rings. The predicted molar refractivity (Wildman–Crippen MR) is 121 cm³/mol. The third kappa shape index (κ3) is 5.15. The maximum Gasteiger partial charge on any atom is 0.266 e. The number of rotatable bonds is 7. The van der Waals surface area contributed by atoms with E-state index in [1.807, 2.05) is 19.1 Å². The summed E-state index contributed by atoms with van der Waals surface area (Å²) in [5, 5.41) is 1.16. The van der Waals surface area contributed by atoms with Gasteiger partial charge in [-0.1, -0.05) is 41.1 Å². The van der Waals surface area contributed by atoms with E-state index in [4.69, 9.17) is 26.1 Å². The third-order valence-electron chi connectivity index (χ3n) is 5.15. The highest BCUT2D eigenvalue weighted by atomic mass is 35.5. The molecular formula is C22H23ClFN3O3S. The minimum absolute atomic E-state index is 0.0483. The highest BCUT2D eigenvalue weighted by Gasteiger charge is 2.23. The lowest BCUT2D eigenvalue weighted by Gasteiger charge is -2.29. The van der Waals surface area contributed by atoms with Gasteiger partial charge >= 0.3 is 0 Å². The first-order valence-corrected chi connectivity index (χ1v) is 11.3. The van der Waals surface area contributed by atoms with Crippen LogP contribution in [0.2, 0.25) is 5.02 Å². The van der Waals surface area contributed by atoms with E-state index in [1.165, 1.54) is 23.5 Å². The van der Waals surface area contributed by atoms with E-state index in [2.05, 4.69) is 4.90 Å². The molecule has 6 nitrogen and oxygen atoms in total. The number of thiazole rings is 1. The quantitative estimate of drug-likeness (QED) is 0.527. The molecule has 0 N–H and O–H groups in total. The molecule has 1 aliphatic heterocycles. The Balaban J connectivity index is 1.56. The van der Waals surface area contributed by atoms with Crippen LogP contribution in [-0.4, -0.2) is 61.8 Å². The molecule has 0 unspecified atom stereocenters. The number of ether oxygens (including phenoxy) is 2. The largest absolute Gasteiger partial charge is 0.481 e. The van der Waals surface area contributed by atoms with Crippen LogP contribution < -0.4 is 9.64 Å². The Hall–Kier alpha value is -2.26. The molecule has 1 saturated heterocycles. The number of nitrogens with zero attached hydrogens (tertiary/aromatic N) is 3. The summed E-state index contributed by atoms with van der Waals surface area (Å²) in [6, 6.07) is 9.79. The monoisotopic (exact) mass is 463 g/mol. The molecule has 1 aliphatic rings. The number of amides is 1. The van der Waals surface area contributed by atoms with Crippen molar-refractivity contribution in [3.8, 4) is 5.75 Å². The zero-order chi connectivity index (χ0) is 21.8. The lowest BCUT2D eigenvalue weighted by atomic mass is 10.2. The molecule has 31 heavy (non-hydrogen) atoms. The number of para-hydroxylation sites is 1. The topological polar surface area (TPSA) is 54.9 Å². The van der Waals surface area contributed by atoms with Crippen LogP contribution in [0, 0.1) is 12.7 Å². The highest BCUT2D eigenvalue weighted by Crippen LogP contribution is 2.35. The summed E-state index contributed by atoms with van der Waals surface area (Å²) in [4.78, 5) is 21.7. The Morgan fingerprint density at radius 3 is 2.81 bits per heavy atom. The van der Waals surface area contributed by atoms with Crippen LogP contribution in [-0.2, 0) is 9.53 Å². The minimum atomic E-state index is -0.502. The minimum Gasteiger partial charge on any atom is -0.481 e. The normalized spacial score (nSPS) is 14.7. The third-order valence-corrected chi connectivity index (χ3v) is 6.69.